The first kappa shape index (κ1) is 22.8. The van der Waals surface area contributed by atoms with Crippen molar-refractivity contribution in [2.75, 3.05) is 33.3 Å². The third-order valence-electron chi connectivity index (χ3n) is 5.71. The molecule has 0 bridgehead atoms. The molecular formula is C21H33IN4O2. The normalized spacial score (nSPS) is 20.9. The minimum Gasteiger partial charge on any atom is -0.496 e. The lowest BCUT2D eigenvalue weighted by Crippen LogP contribution is -2.47. The van der Waals surface area contributed by atoms with E-state index in [0.29, 0.717) is 12.3 Å². The molecule has 1 atom stereocenters. The number of hydrogen-bond acceptors (Lipinski definition) is 3. The highest BCUT2D eigenvalue weighted by Gasteiger charge is 2.46. The van der Waals surface area contributed by atoms with E-state index in [1.54, 1.807) is 7.11 Å². The Labute approximate surface area is 185 Å². The van der Waals surface area contributed by atoms with E-state index in [0.717, 1.165) is 63.6 Å². The summed E-state index contributed by atoms with van der Waals surface area (Å²) in [5.41, 5.74) is 6.76. The number of benzene rings is 1. The molecule has 0 aromatic heterocycles. The van der Waals surface area contributed by atoms with Gasteiger partial charge in [-0.1, -0.05) is 18.2 Å². The van der Waals surface area contributed by atoms with Crippen LogP contribution in [0.5, 0.6) is 5.75 Å². The van der Waals surface area contributed by atoms with Gasteiger partial charge in [0.15, 0.2) is 5.96 Å². The minimum absolute atomic E-state index is 0. The Morgan fingerprint density at radius 3 is 2.79 bits per heavy atom. The predicted octanol–water partition coefficient (Wildman–Crippen LogP) is 2.90. The van der Waals surface area contributed by atoms with Crippen LogP contribution in [0.1, 0.15) is 44.6 Å². The maximum absolute atomic E-state index is 11.3. The molecule has 6 nitrogen and oxygen atoms in total. The highest BCUT2D eigenvalue weighted by Crippen LogP contribution is 2.51. The lowest BCUT2D eigenvalue weighted by atomic mass is 9.94. The Kier molecular flexibility index (Phi) is 8.39. The first-order valence-electron chi connectivity index (χ1n) is 10.0. The molecular weight excluding hydrogens is 467 g/mol. The van der Waals surface area contributed by atoms with E-state index < -0.39 is 0 Å². The third kappa shape index (κ3) is 5.52. The molecule has 1 amide bonds. The van der Waals surface area contributed by atoms with Crippen molar-refractivity contribution >= 4 is 35.8 Å². The summed E-state index contributed by atoms with van der Waals surface area (Å²) < 4.78 is 5.58. The number of rotatable bonds is 7. The summed E-state index contributed by atoms with van der Waals surface area (Å²) in [5, 5.41) is 3.44. The number of amides is 1. The van der Waals surface area contributed by atoms with Gasteiger partial charge in [0.05, 0.1) is 13.7 Å². The molecule has 2 aliphatic rings. The number of carbonyl (C=O) groups is 1. The van der Waals surface area contributed by atoms with Gasteiger partial charge in [-0.3, -0.25) is 9.79 Å². The van der Waals surface area contributed by atoms with E-state index in [2.05, 4.69) is 29.3 Å². The summed E-state index contributed by atoms with van der Waals surface area (Å²) in [5.74, 6) is 2.02. The van der Waals surface area contributed by atoms with Crippen LogP contribution in [-0.2, 0) is 10.2 Å². The Morgan fingerprint density at radius 1 is 1.39 bits per heavy atom. The highest BCUT2D eigenvalue weighted by molar-refractivity contribution is 14.0. The number of ether oxygens (including phenoxy) is 1. The number of aliphatic imine (C=N–C) groups is 1. The Hall–Kier alpha value is -1.51. The van der Waals surface area contributed by atoms with E-state index in [-0.39, 0.29) is 35.3 Å². The van der Waals surface area contributed by atoms with Crippen molar-refractivity contribution < 1.29 is 9.53 Å². The number of piperidine rings is 1. The molecule has 2 fully saturated rings. The lowest BCUT2D eigenvalue weighted by molar-refractivity contribution is -0.119. The van der Waals surface area contributed by atoms with E-state index in [1.165, 1.54) is 5.56 Å². The van der Waals surface area contributed by atoms with Crippen LogP contribution in [0.15, 0.2) is 29.3 Å². The zero-order valence-electron chi connectivity index (χ0n) is 16.9. The van der Waals surface area contributed by atoms with Crippen LogP contribution < -0.4 is 15.8 Å². The fraction of sp³-hybridized carbons (Fsp3) is 0.619. The number of hydrogen-bond donors (Lipinski definition) is 2. The third-order valence-corrected chi connectivity index (χ3v) is 5.71. The van der Waals surface area contributed by atoms with Gasteiger partial charge in [-0.05, 0) is 44.6 Å². The van der Waals surface area contributed by atoms with E-state index >= 15 is 0 Å². The molecule has 1 unspecified atom stereocenters. The Bertz CT molecular complexity index is 691. The number of nitrogens with one attached hydrogen (secondary N) is 1. The van der Waals surface area contributed by atoms with Crippen molar-refractivity contribution in [1.82, 2.24) is 10.2 Å². The number of methoxy groups -OCH3 is 1. The Balaban J connectivity index is 0.00000280. The molecule has 0 spiro atoms. The van der Waals surface area contributed by atoms with Crippen molar-refractivity contribution in [3.8, 4) is 5.75 Å². The van der Waals surface area contributed by atoms with Crippen molar-refractivity contribution in [1.29, 1.82) is 0 Å². The van der Waals surface area contributed by atoms with Crippen LogP contribution in [0.3, 0.4) is 0 Å². The van der Waals surface area contributed by atoms with Gasteiger partial charge in [0.25, 0.3) is 0 Å². The number of carbonyl (C=O) groups excluding carboxylic acids is 1. The summed E-state index contributed by atoms with van der Waals surface area (Å²) in [6.45, 7) is 5.50. The van der Waals surface area contributed by atoms with E-state index in [1.807, 2.05) is 12.1 Å². The average molecular weight is 500 g/mol. The van der Waals surface area contributed by atoms with Crippen molar-refractivity contribution in [3.63, 3.8) is 0 Å². The molecule has 3 N–H and O–H groups in total. The number of guanidine groups is 1. The fourth-order valence-electron chi connectivity index (χ4n) is 4.11. The van der Waals surface area contributed by atoms with Crippen LogP contribution in [0.25, 0.3) is 0 Å². The smallest absolute Gasteiger partial charge is 0.217 e. The maximum Gasteiger partial charge on any atom is 0.217 e. The molecule has 1 aliphatic heterocycles. The predicted molar refractivity (Wildman–Crippen MR) is 123 cm³/mol. The first-order chi connectivity index (χ1) is 13.1. The van der Waals surface area contributed by atoms with Gasteiger partial charge in [-0.15, -0.1) is 24.0 Å². The van der Waals surface area contributed by atoms with Gasteiger partial charge < -0.3 is 20.7 Å². The van der Waals surface area contributed by atoms with Gasteiger partial charge >= 0.3 is 0 Å². The quantitative estimate of drug-likeness (QED) is 0.343. The highest BCUT2D eigenvalue weighted by atomic mass is 127. The van der Waals surface area contributed by atoms with Crippen molar-refractivity contribution in [2.45, 2.75) is 44.4 Å². The average Bonchev–Trinajstić information content (AvgIpc) is 3.46. The number of primary amides is 1. The fourth-order valence-corrected chi connectivity index (χ4v) is 4.11. The van der Waals surface area contributed by atoms with E-state index in [9.17, 15) is 4.79 Å². The SMILES string of the molecule is CCNC(=NCC1(c2ccccc2OC)CC1)N1CCCC(CC(N)=O)C1.I. The summed E-state index contributed by atoms with van der Waals surface area (Å²) in [6.07, 6.45) is 4.87. The van der Waals surface area contributed by atoms with Gasteiger partial charge in [-0.25, -0.2) is 0 Å². The van der Waals surface area contributed by atoms with E-state index in [4.69, 9.17) is 15.5 Å². The molecule has 1 aromatic rings. The second kappa shape index (κ2) is 10.3. The topological polar surface area (TPSA) is 80.0 Å². The van der Waals surface area contributed by atoms with Crippen molar-refractivity contribution in [2.24, 2.45) is 16.6 Å². The molecule has 7 heteroatoms. The van der Waals surface area contributed by atoms with Crippen LogP contribution in [-0.4, -0.2) is 50.1 Å². The molecule has 1 aliphatic carbocycles. The largest absolute Gasteiger partial charge is 0.496 e. The van der Waals surface area contributed by atoms with Crippen LogP contribution in [0.4, 0.5) is 0 Å². The van der Waals surface area contributed by atoms with Crippen LogP contribution >= 0.6 is 24.0 Å². The maximum atomic E-state index is 11.3. The second-order valence-electron chi connectivity index (χ2n) is 7.78. The van der Waals surface area contributed by atoms with Crippen LogP contribution in [0.2, 0.25) is 0 Å². The molecule has 3 rings (SSSR count). The summed E-state index contributed by atoms with van der Waals surface area (Å²) in [7, 11) is 1.73. The summed E-state index contributed by atoms with van der Waals surface area (Å²) in [6, 6.07) is 8.28. The molecule has 1 saturated carbocycles. The first-order valence-corrected chi connectivity index (χ1v) is 10.0. The van der Waals surface area contributed by atoms with Crippen molar-refractivity contribution in [3.05, 3.63) is 29.8 Å². The standard InChI is InChI=1S/C21H32N4O2.HI/c1-3-23-20(25-12-6-7-16(14-25)13-19(22)26)24-15-21(10-11-21)17-8-4-5-9-18(17)27-2;/h4-5,8-9,16H,3,6-7,10-15H2,1-2H3,(H2,22,26)(H,23,24);1H. The van der Waals surface area contributed by atoms with Gasteiger partial charge in [-0.2, -0.15) is 0 Å². The minimum atomic E-state index is -0.211. The molecule has 28 heavy (non-hydrogen) atoms. The molecule has 0 radical (unpaired) electrons. The number of para-hydroxylation sites is 1. The zero-order chi connectivity index (χ0) is 19.3. The number of nitrogens with two attached hydrogens (primary N) is 1. The van der Waals surface area contributed by atoms with Crippen LogP contribution in [0, 0.1) is 5.92 Å². The second-order valence-corrected chi connectivity index (χ2v) is 7.78. The Morgan fingerprint density at radius 2 is 2.14 bits per heavy atom. The van der Waals surface area contributed by atoms with Gasteiger partial charge in [0.1, 0.15) is 5.75 Å². The molecule has 1 saturated heterocycles. The molecule has 1 heterocycles. The lowest BCUT2D eigenvalue weighted by Gasteiger charge is -2.35. The number of likely N-dealkylation sites (tertiary alicyclic amines) is 1. The molecule has 156 valence electrons. The summed E-state index contributed by atoms with van der Waals surface area (Å²) >= 11 is 0. The number of nitrogens with zero attached hydrogens (tertiary/aromatic N) is 2. The van der Waals surface area contributed by atoms with Gasteiger partial charge in [0, 0.05) is 37.0 Å². The molecule has 1 aromatic carbocycles. The zero-order valence-corrected chi connectivity index (χ0v) is 19.3. The summed E-state index contributed by atoms with van der Waals surface area (Å²) in [4.78, 5) is 18.6. The monoisotopic (exact) mass is 500 g/mol. The number of halogens is 1. The van der Waals surface area contributed by atoms with Gasteiger partial charge in [0.2, 0.25) is 5.91 Å².